The van der Waals surface area contributed by atoms with Crippen molar-refractivity contribution >= 4 is 11.6 Å². The van der Waals surface area contributed by atoms with Crippen molar-refractivity contribution < 1.29 is 26.7 Å². The Morgan fingerprint density at radius 3 is 2.00 bits per heavy atom. The molecule has 0 aliphatic carbocycles. The first-order chi connectivity index (χ1) is 7.55. The van der Waals surface area contributed by atoms with Crippen molar-refractivity contribution in [3.05, 3.63) is 29.3 Å². The van der Waals surface area contributed by atoms with Crippen molar-refractivity contribution in [2.75, 3.05) is 5.73 Å². The summed E-state index contributed by atoms with van der Waals surface area (Å²) in [5, 5.41) is 0. The van der Waals surface area contributed by atoms with Gasteiger partial charge in [0.25, 0.3) is 0 Å². The standard InChI is InChI=1S/C9H7F5N2O/c10-8(11,9(12,13)14)5-1-4(7(16)17)2-6(15)3-5/h1-3H,15H2,(H2,16,17). The first-order valence-corrected chi connectivity index (χ1v) is 4.21. The maximum atomic E-state index is 13.0. The van der Waals surface area contributed by atoms with Gasteiger partial charge in [0.2, 0.25) is 5.91 Å². The molecule has 1 aromatic carbocycles. The summed E-state index contributed by atoms with van der Waals surface area (Å²) in [6.45, 7) is 0. The lowest BCUT2D eigenvalue weighted by Crippen LogP contribution is -2.34. The number of alkyl halides is 5. The monoisotopic (exact) mass is 254 g/mol. The number of anilines is 1. The number of carbonyl (C=O) groups excluding carboxylic acids is 1. The molecule has 0 bridgehead atoms. The van der Waals surface area contributed by atoms with E-state index in [0.717, 1.165) is 6.07 Å². The van der Waals surface area contributed by atoms with Gasteiger partial charge < -0.3 is 11.5 Å². The molecule has 0 aliphatic heterocycles. The smallest absolute Gasteiger partial charge is 0.399 e. The number of halogens is 5. The van der Waals surface area contributed by atoms with Crippen molar-refractivity contribution in [2.45, 2.75) is 12.1 Å². The lowest BCUT2D eigenvalue weighted by atomic mass is 10.0. The molecule has 0 radical (unpaired) electrons. The summed E-state index contributed by atoms with van der Waals surface area (Å²) < 4.78 is 62.1. The Kier molecular flexibility index (Phi) is 3.00. The second-order valence-corrected chi connectivity index (χ2v) is 3.28. The Bertz CT molecular complexity index is 455. The van der Waals surface area contributed by atoms with Gasteiger partial charge >= 0.3 is 12.1 Å². The number of hydrogen-bond acceptors (Lipinski definition) is 2. The van der Waals surface area contributed by atoms with E-state index in [1.54, 1.807) is 0 Å². The molecule has 8 heteroatoms. The van der Waals surface area contributed by atoms with Gasteiger partial charge in [0.05, 0.1) is 0 Å². The molecule has 0 fully saturated rings. The molecular formula is C9H7F5N2O. The van der Waals surface area contributed by atoms with Crippen LogP contribution in [-0.2, 0) is 5.92 Å². The Labute approximate surface area is 92.2 Å². The van der Waals surface area contributed by atoms with E-state index in [0.29, 0.717) is 12.1 Å². The van der Waals surface area contributed by atoms with Gasteiger partial charge in [0, 0.05) is 16.8 Å². The van der Waals surface area contributed by atoms with Crippen LogP contribution in [0.25, 0.3) is 0 Å². The maximum Gasteiger partial charge on any atom is 0.458 e. The molecule has 0 aromatic heterocycles. The van der Waals surface area contributed by atoms with E-state index in [2.05, 4.69) is 0 Å². The molecule has 3 nitrogen and oxygen atoms in total. The zero-order chi connectivity index (χ0) is 13.4. The fourth-order valence-electron chi connectivity index (χ4n) is 1.14. The highest BCUT2D eigenvalue weighted by Gasteiger charge is 2.58. The molecule has 0 saturated heterocycles. The second kappa shape index (κ2) is 3.86. The summed E-state index contributed by atoms with van der Waals surface area (Å²) in [6, 6.07) is 1.73. The van der Waals surface area contributed by atoms with E-state index in [9.17, 15) is 26.7 Å². The van der Waals surface area contributed by atoms with Crippen molar-refractivity contribution in [2.24, 2.45) is 5.73 Å². The topological polar surface area (TPSA) is 69.1 Å². The first-order valence-electron chi connectivity index (χ1n) is 4.21. The van der Waals surface area contributed by atoms with Crippen LogP contribution in [0, 0.1) is 0 Å². The van der Waals surface area contributed by atoms with Crippen molar-refractivity contribution in [3.8, 4) is 0 Å². The van der Waals surface area contributed by atoms with Gasteiger partial charge in [-0.3, -0.25) is 4.79 Å². The number of hydrogen-bond donors (Lipinski definition) is 2. The number of benzene rings is 1. The van der Waals surface area contributed by atoms with Crippen LogP contribution in [-0.4, -0.2) is 12.1 Å². The van der Waals surface area contributed by atoms with Crippen LogP contribution in [0.5, 0.6) is 0 Å². The molecule has 1 rings (SSSR count). The number of carbonyl (C=O) groups is 1. The molecule has 0 saturated carbocycles. The highest BCUT2D eigenvalue weighted by atomic mass is 19.4. The molecule has 0 aliphatic rings. The van der Waals surface area contributed by atoms with Gasteiger partial charge in [-0.25, -0.2) is 0 Å². The van der Waals surface area contributed by atoms with Gasteiger partial charge in [-0.15, -0.1) is 0 Å². The van der Waals surface area contributed by atoms with Gasteiger partial charge in [0.1, 0.15) is 0 Å². The van der Waals surface area contributed by atoms with Crippen LogP contribution in [0.3, 0.4) is 0 Å². The van der Waals surface area contributed by atoms with E-state index < -0.39 is 34.8 Å². The average molecular weight is 254 g/mol. The maximum absolute atomic E-state index is 13.0. The number of nitrogens with two attached hydrogens (primary N) is 2. The SMILES string of the molecule is NC(=O)c1cc(N)cc(C(F)(F)C(F)(F)F)c1. The Balaban J connectivity index is 3.37. The molecular weight excluding hydrogens is 247 g/mol. The zero-order valence-electron chi connectivity index (χ0n) is 8.18. The minimum atomic E-state index is -5.77. The largest absolute Gasteiger partial charge is 0.458 e. The third-order valence-electron chi connectivity index (χ3n) is 1.96. The fourth-order valence-corrected chi connectivity index (χ4v) is 1.14. The number of nitrogen functional groups attached to an aromatic ring is 1. The molecule has 17 heavy (non-hydrogen) atoms. The van der Waals surface area contributed by atoms with Gasteiger partial charge in [-0.2, -0.15) is 22.0 Å². The summed E-state index contributed by atoms with van der Waals surface area (Å²) in [4.78, 5) is 10.7. The molecule has 4 N–H and O–H groups in total. The van der Waals surface area contributed by atoms with Crippen LogP contribution < -0.4 is 11.5 Å². The van der Waals surface area contributed by atoms with Crippen molar-refractivity contribution in [1.82, 2.24) is 0 Å². The summed E-state index contributed by atoms with van der Waals surface area (Å²) in [6.07, 6.45) is -5.77. The fraction of sp³-hybridized carbons (Fsp3) is 0.222. The lowest BCUT2D eigenvalue weighted by Gasteiger charge is -2.20. The van der Waals surface area contributed by atoms with Crippen LogP contribution in [0.2, 0.25) is 0 Å². The first kappa shape index (κ1) is 13.2. The van der Waals surface area contributed by atoms with Crippen LogP contribution in [0.1, 0.15) is 15.9 Å². The van der Waals surface area contributed by atoms with Crippen LogP contribution >= 0.6 is 0 Å². The highest BCUT2D eigenvalue weighted by molar-refractivity contribution is 5.94. The summed E-state index contributed by atoms with van der Waals surface area (Å²) in [7, 11) is 0. The normalized spacial score (nSPS) is 12.5. The van der Waals surface area contributed by atoms with Crippen molar-refractivity contribution in [3.63, 3.8) is 0 Å². The predicted molar refractivity (Wildman–Crippen MR) is 49.3 cm³/mol. The molecule has 94 valence electrons. The quantitative estimate of drug-likeness (QED) is 0.626. The van der Waals surface area contributed by atoms with Crippen molar-refractivity contribution in [1.29, 1.82) is 0 Å². The third-order valence-corrected chi connectivity index (χ3v) is 1.96. The van der Waals surface area contributed by atoms with E-state index in [1.165, 1.54) is 0 Å². The number of amides is 1. The lowest BCUT2D eigenvalue weighted by molar-refractivity contribution is -0.289. The molecule has 0 atom stereocenters. The second-order valence-electron chi connectivity index (χ2n) is 3.28. The molecule has 0 spiro atoms. The van der Waals surface area contributed by atoms with E-state index >= 15 is 0 Å². The average Bonchev–Trinajstić information content (AvgIpc) is 2.14. The van der Waals surface area contributed by atoms with E-state index in [-0.39, 0.29) is 0 Å². The zero-order valence-corrected chi connectivity index (χ0v) is 8.18. The molecule has 0 heterocycles. The highest BCUT2D eigenvalue weighted by Crippen LogP contribution is 2.44. The molecule has 1 amide bonds. The predicted octanol–water partition coefficient (Wildman–Crippen LogP) is 2.02. The van der Waals surface area contributed by atoms with E-state index in [4.69, 9.17) is 11.5 Å². The van der Waals surface area contributed by atoms with E-state index in [1.807, 2.05) is 0 Å². The summed E-state index contributed by atoms with van der Waals surface area (Å²) in [5.74, 6) is -6.23. The minimum absolute atomic E-state index is 0.367. The van der Waals surface area contributed by atoms with Crippen LogP contribution in [0.15, 0.2) is 18.2 Å². The number of primary amides is 1. The third kappa shape index (κ3) is 2.45. The number of rotatable bonds is 2. The summed E-state index contributed by atoms with van der Waals surface area (Å²) >= 11 is 0. The van der Waals surface area contributed by atoms with Gasteiger partial charge in [0.15, 0.2) is 0 Å². The minimum Gasteiger partial charge on any atom is -0.399 e. The van der Waals surface area contributed by atoms with Gasteiger partial charge in [-0.1, -0.05) is 0 Å². The van der Waals surface area contributed by atoms with Crippen LogP contribution in [0.4, 0.5) is 27.6 Å². The van der Waals surface area contributed by atoms with Gasteiger partial charge in [-0.05, 0) is 18.2 Å². The molecule has 1 aromatic rings. The molecule has 0 unspecified atom stereocenters. The Morgan fingerprint density at radius 2 is 1.59 bits per heavy atom. The summed E-state index contributed by atoms with van der Waals surface area (Å²) in [5.41, 5.74) is 7.58. The Hall–Kier alpha value is -1.86. The Morgan fingerprint density at radius 1 is 1.06 bits per heavy atom.